The molecule has 0 unspecified atom stereocenters. The van der Waals surface area contributed by atoms with E-state index in [9.17, 15) is 9.90 Å². The van der Waals surface area contributed by atoms with Crippen LogP contribution in [0.15, 0.2) is 77.8 Å². The van der Waals surface area contributed by atoms with Crippen molar-refractivity contribution in [2.75, 3.05) is 7.05 Å². The number of nitrogens with zero attached hydrogens (tertiary/aromatic N) is 1. The number of benzene rings is 2. The molecule has 2 aromatic carbocycles. The van der Waals surface area contributed by atoms with Crippen LogP contribution in [0.5, 0.6) is 5.75 Å². The number of phenolic OH excluding ortho intramolecular Hbond substituents is 1. The van der Waals surface area contributed by atoms with Gasteiger partial charge in [0.15, 0.2) is 5.78 Å². The molecule has 3 heteroatoms. The molecule has 1 N–H and O–H groups in total. The van der Waals surface area contributed by atoms with Gasteiger partial charge in [-0.1, -0.05) is 56.3 Å². The molecule has 0 atom stereocenters. The topological polar surface area (TPSA) is 49.7 Å². The Hall–Kier alpha value is -2.94. The van der Waals surface area contributed by atoms with Crippen LogP contribution in [0.2, 0.25) is 0 Å². The first kappa shape index (κ1) is 21.1. The second-order valence-electron chi connectivity index (χ2n) is 5.30. The number of aliphatic imine (C=N–C) groups is 1. The van der Waals surface area contributed by atoms with Crippen LogP contribution in [0.3, 0.4) is 0 Å². The van der Waals surface area contributed by atoms with Crippen LogP contribution in [0, 0.1) is 0 Å². The lowest BCUT2D eigenvalue weighted by atomic mass is 10.1. The fraction of sp³-hybridized carbons (Fsp3) is 0.217. The molecule has 0 aromatic heterocycles. The fourth-order valence-electron chi connectivity index (χ4n) is 2.16. The maximum absolute atomic E-state index is 12.0. The molecule has 0 spiro atoms. The predicted molar refractivity (Wildman–Crippen MR) is 111 cm³/mol. The van der Waals surface area contributed by atoms with Crippen LogP contribution < -0.4 is 0 Å². The van der Waals surface area contributed by atoms with E-state index in [1.807, 2.05) is 68.5 Å². The molecule has 0 aliphatic rings. The number of carbonyl (C=O) groups excluding carboxylic acids is 1. The van der Waals surface area contributed by atoms with E-state index in [0.29, 0.717) is 18.4 Å². The Balaban J connectivity index is 0.00000163. The Morgan fingerprint density at radius 3 is 2.27 bits per heavy atom. The average Bonchev–Trinajstić information content (AvgIpc) is 2.70. The van der Waals surface area contributed by atoms with Gasteiger partial charge in [0.25, 0.3) is 0 Å². The first-order valence-electron chi connectivity index (χ1n) is 8.88. The molecule has 136 valence electrons. The molecule has 3 nitrogen and oxygen atoms in total. The molecular formula is C23H27NO2. The highest BCUT2D eigenvalue weighted by Gasteiger charge is 2.04. The standard InChI is InChI=1S/C21H21NO2.C2H6/c1-22-19(14-11-17-7-3-2-4-8-17)9-5-6-10-21(24)18-12-15-20(23)16-13-18;1-2/h2-5,7-9,11-16,23H,6,10H2,1H3;1-2H3/b9-5-,14-11+,22-19?;. The number of rotatable bonds is 7. The summed E-state index contributed by atoms with van der Waals surface area (Å²) in [5.41, 5.74) is 2.60. The maximum Gasteiger partial charge on any atom is 0.163 e. The van der Waals surface area contributed by atoms with E-state index >= 15 is 0 Å². The molecule has 0 aliphatic carbocycles. The quantitative estimate of drug-likeness (QED) is 0.513. The zero-order chi connectivity index (χ0) is 19.2. The van der Waals surface area contributed by atoms with Gasteiger partial charge >= 0.3 is 0 Å². The van der Waals surface area contributed by atoms with Crippen LogP contribution in [-0.2, 0) is 0 Å². The minimum absolute atomic E-state index is 0.0643. The molecule has 0 aliphatic heterocycles. The Morgan fingerprint density at radius 2 is 1.65 bits per heavy atom. The summed E-state index contributed by atoms with van der Waals surface area (Å²) >= 11 is 0. The molecule has 0 heterocycles. The van der Waals surface area contributed by atoms with Gasteiger partial charge in [-0.3, -0.25) is 9.79 Å². The van der Waals surface area contributed by atoms with Gasteiger partial charge in [-0.2, -0.15) is 0 Å². The molecule has 0 amide bonds. The minimum atomic E-state index is 0.0643. The van der Waals surface area contributed by atoms with Crippen molar-refractivity contribution in [2.45, 2.75) is 26.7 Å². The van der Waals surface area contributed by atoms with Crippen molar-refractivity contribution in [3.63, 3.8) is 0 Å². The van der Waals surface area contributed by atoms with Gasteiger partial charge in [-0.05, 0) is 48.4 Å². The van der Waals surface area contributed by atoms with E-state index in [1.165, 1.54) is 12.1 Å². The van der Waals surface area contributed by atoms with Crippen molar-refractivity contribution < 1.29 is 9.90 Å². The van der Waals surface area contributed by atoms with E-state index in [1.54, 1.807) is 19.2 Å². The zero-order valence-corrected chi connectivity index (χ0v) is 15.7. The Labute approximate surface area is 156 Å². The summed E-state index contributed by atoms with van der Waals surface area (Å²) in [5, 5.41) is 9.23. The van der Waals surface area contributed by atoms with Crippen molar-refractivity contribution in [1.29, 1.82) is 0 Å². The highest BCUT2D eigenvalue weighted by atomic mass is 16.3. The van der Waals surface area contributed by atoms with Crippen LogP contribution in [0.4, 0.5) is 0 Å². The van der Waals surface area contributed by atoms with Gasteiger partial charge in [0.2, 0.25) is 0 Å². The van der Waals surface area contributed by atoms with Gasteiger partial charge in [-0.15, -0.1) is 0 Å². The van der Waals surface area contributed by atoms with E-state index in [0.717, 1.165) is 11.3 Å². The monoisotopic (exact) mass is 349 g/mol. The molecule has 26 heavy (non-hydrogen) atoms. The van der Waals surface area contributed by atoms with Crippen LogP contribution in [0.25, 0.3) is 6.08 Å². The maximum atomic E-state index is 12.0. The number of aromatic hydroxyl groups is 1. The van der Waals surface area contributed by atoms with Crippen molar-refractivity contribution in [1.82, 2.24) is 0 Å². The number of hydrogen-bond acceptors (Lipinski definition) is 3. The van der Waals surface area contributed by atoms with Crippen LogP contribution in [-0.4, -0.2) is 23.6 Å². The molecule has 0 saturated carbocycles. The molecule has 0 fully saturated rings. The number of phenols is 1. The summed E-state index contributed by atoms with van der Waals surface area (Å²) < 4.78 is 0. The number of ketones is 1. The highest BCUT2D eigenvalue weighted by molar-refractivity contribution is 6.06. The average molecular weight is 349 g/mol. The summed E-state index contributed by atoms with van der Waals surface area (Å²) in [6.45, 7) is 4.00. The minimum Gasteiger partial charge on any atom is -0.508 e. The van der Waals surface area contributed by atoms with Gasteiger partial charge in [-0.25, -0.2) is 0 Å². The third-order valence-electron chi connectivity index (χ3n) is 3.52. The van der Waals surface area contributed by atoms with E-state index < -0.39 is 0 Å². The van der Waals surface area contributed by atoms with Gasteiger partial charge < -0.3 is 5.11 Å². The molecule has 2 rings (SSSR count). The van der Waals surface area contributed by atoms with Crippen LogP contribution in [0.1, 0.15) is 42.6 Å². The predicted octanol–water partition coefficient (Wildman–Crippen LogP) is 5.72. The third kappa shape index (κ3) is 7.75. The van der Waals surface area contributed by atoms with E-state index in [2.05, 4.69) is 4.99 Å². The Morgan fingerprint density at radius 1 is 1.00 bits per heavy atom. The van der Waals surface area contributed by atoms with Gasteiger partial charge in [0.1, 0.15) is 5.75 Å². The Kier molecular flexibility index (Phi) is 10.1. The SMILES string of the molecule is CC.CN=C(/C=C\CCC(=O)c1ccc(O)cc1)/C=C/c1ccccc1. The molecule has 0 saturated heterocycles. The summed E-state index contributed by atoms with van der Waals surface area (Å²) in [6.07, 6.45) is 8.92. The summed E-state index contributed by atoms with van der Waals surface area (Å²) in [4.78, 5) is 16.2. The van der Waals surface area contributed by atoms with Crippen LogP contribution >= 0.6 is 0 Å². The van der Waals surface area contributed by atoms with Crippen molar-refractivity contribution in [2.24, 2.45) is 4.99 Å². The number of allylic oxidation sites excluding steroid dienone is 3. The van der Waals surface area contributed by atoms with Gasteiger partial charge in [0.05, 0.1) is 5.71 Å². The third-order valence-corrected chi connectivity index (χ3v) is 3.52. The van der Waals surface area contributed by atoms with Crippen molar-refractivity contribution >= 4 is 17.6 Å². The summed E-state index contributed by atoms with van der Waals surface area (Å²) in [5.74, 6) is 0.231. The molecule has 2 aromatic rings. The second-order valence-corrected chi connectivity index (χ2v) is 5.30. The highest BCUT2D eigenvalue weighted by Crippen LogP contribution is 2.12. The number of Topliss-reactive ketones (excluding diaryl/α,β-unsaturated/α-hetero) is 1. The van der Waals surface area contributed by atoms with E-state index in [4.69, 9.17) is 0 Å². The normalized spacial score (nSPS) is 11.4. The van der Waals surface area contributed by atoms with Crippen molar-refractivity contribution in [3.05, 3.63) is 84.0 Å². The van der Waals surface area contributed by atoms with E-state index in [-0.39, 0.29) is 11.5 Å². The second kappa shape index (κ2) is 12.4. The zero-order valence-electron chi connectivity index (χ0n) is 15.7. The summed E-state index contributed by atoms with van der Waals surface area (Å²) in [7, 11) is 1.75. The van der Waals surface area contributed by atoms with Crippen molar-refractivity contribution in [3.8, 4) is 5.75 Å². The lowest BCUT2D eigenvalue weighted by Crippen LogP contribution is -1.97. The number of carbonyl (C=O) groups is 1. The fourth-order valence-corrected chi connectivity index (χ4v) is 2.16. The smallest absolute Gasteiger partial charge is 0.163 e. The first-order valence-corrected chi connectivity index (χ1v) is 8.88. The molecular weight excluding hydrogens is 322 g/mol. The largest absolute Gasteiger partial charge is 0.508 e. The first-order chi connectivity index (χ1) is 12.7. The number of hydrogen-bond donors (Lipinski definition) is 1. The molecule has 0 radical (unpaired) electrons. The molecule has 0 bridgehead atoms. The Bertz CT molecular complexity index is 742. The lowest BCUT2D eigenvalue weighted by molar-refractivity contribution is 0.0983. The lowest BCUT2D eigenvalue weighted by Gasteiger charge is -1.99. The summed E-state index contributed by atoms with van der Waals surface area (Å²) in [6, 6.07) is 16.4. The van der Waals surface area contributed by atoms with Gasteiger partial charge in [0, 0.05) is 19.0 Å².